The number of hydrogen-bond acceptors (Lipinski definition) is 4. The Balaban J connectivity index is 2.86. The maximum Gasteiger partial charge on any atom is 0.241 e. The summed E-state index contributed by atoms with van der Waals surface area (Å²) >= 11 is 0. The fourth-order valence-electron chi connectivity index (χ4n) is 2.10. The summed E-state index contributed by atoms with van der Waals surface area (Å²) < 4.78 is 26.7. The summed E-state index contributed by atoms with van der Waals surface area (Å²) in [6.45, 7) is 5.48. The van der Waals surface area contributed by atoms with Gasteiger partial charge in [0.05, 0.1) is 4.90 Å². The molecule has 1 aromatic carbocycles. The Morgan fingerprint density at radius 3 is 2.21 bits per heavy atom. The van der Waals surface area contributed by atoms with Crippen molar-refractivity contribution in [3.63, 3.8) is 0 Å². The van der Waals surface area contributed by atoms with E-state index in [0.717, 1.165) is 5.56 Å². The Kier molecular flexibility index (Phi) is 5.08. The fourth-order valence-corrected chi connectivity index (χ4v) is 3.63. The molecule has 5 nitrogen and oxygen atoms in total. The molecule has 1 N–H and O–H groups in total. The highest BCUT2D eigenvalue weighted by Gasteiger charge is 2.18. The Hall–Kier alpha value is -1.40. The summed E-state index contributed by atoms with van der Waals surface area (Å²) in [5, 5.41) is 10.3. The number of carbonyl (C=O) groups excluding carboxylic acids is 1. The van der Waals surface area contributed by atoms with Crippen molar-refractivity contribution in [2.24, 2.45) is 0 Å². The van der Waals surface area contributed by atoms with Crippen molar-refractivity contribution in [1.82, 2.24) is 4.72 Å². The van der Waals surface area contributed by atoms with E-state index in [-0.39, 0.29) is 24.3 Å². The number of benzene rings is 1. The molecule has 0 bridgehead atoms. The smallest absolute Gasteiger partial charge is 0.241 e. The van der Waals surface area contributed by atoms with Gasteiger partial charge in [0, 0.05) is 12.5 Å². The van der Waals surface area contributed by atoms with Crippen molar-refractivity contribution < 1.29 is 18.3 Å². The zero-order valence-electron chi connectivity index (χ0n) is 11.3. The van der Waals surface area contributed by atoms with E-state index in [2.05, 4.69) is 4.72 Å². The number of aliphatic carboxylic acids is 1. The van der Waals surface area contributed by atoms with Gasteiger partial charge < -0.3 is 9.90 Å². The van der Waals surface area contributed by atoms with Gasteiger partial charge in [0.25, 0.3) is 0 Å². The number of nitrogens with one attached hydrogen (secondary N) is 1. The Morgan fingerprint density at radius 1 is 1.21 bits per heavy atom. The van der Waals surface area contributed by atoms with Crippen molar-refractivity contribution >= 4 is 16.0 Å². The summed E-state index contributed by atoms with van der Waals surface area (Å²) in [7, 11) is -3.60. The van der Waals surface area contributed by atoms with Crippen LogP contribution in [-0.4, -0.2) is 20.9 Å². The van der Waals surface area contributed by atoms with Gasteiger partial charge in [0.15, 0.2) is 0 Å². The maximum absolute atomic E-state index is 12.2. The molecule has 6 heteroatoms. The molecule has 0 spiro atoms. The van der Waals surface area contributed by atoms with E-state index < -0.39 is 16.0 Å². The van der Waals surface area contributed by atoms with Gasteiger partial charge in [0.1, 0.15) is 0 Å². The van der Waals surface area contributed by atoms with Crippen LogP contribution in [-0.2, 0) is 14.8 Å². The molecule has 106 valence electrons. The van der Waals surface area contributed by atoms with E-state index in [9.17, 15) is 18.3 Å². The summed E-state index contributed by atoms with van der Waals surface area (Å²) in [5.74, 6) is -1.18. The predicted octanol–water partition coefficient (Wildman–Crippen LogP) is 0.420. The molecule has 0 saturated heterocycles. The first kappa shape index (κ1) is 15.7. The van der Waals surface area contributed by atoms with E-state index in [1.807, 2.05) is 19.1 Å². The average Bonchev–Trinajstić information content (AvgIpc) is 2.22. The highest BCUT2D eigenvalue weighted by molar-refractivity contribution is 7.89. The monoisotopic (exact) mass is 284 g/mol. The van der Waals surface area contributed by atoms with Crippen molar-refractivity contribution in [1.29, 1.82) is 0 Å². The van der Waals surface area contributed by atoms with Crippen LogP contribution in [0, 0.1) is 20.8 Å². The summed E-state index contributed by atoms with van der Waals surface area (Å²) in [6.07, 6.45) is 0.0555. The van der Waals surface area contributed by atoms with Crippen LogP contribution in [0.15, 0.2) is 17.0 Å². The van der Waals surface area contributed by atoms with Crippen LogP contribution in [0.4, 0.5) is 0 Å². The lowest BCUT2D eigenvalue weighted by atomic mass is 10.1. The van der Waals surface area contributed by atoms with E-state index in [1.165, 1.54) is 0 Å². The maximum atomic E-state index is 12.2. The number of hydrogen-bond donors (Lipinski definition) is 1. The molecule has 0 saturated carbocycles. The van der Waals surface area contributed by atoms with Crippen LogP contribution in [0.5, 0.6) is 0 Å². The van der Waals surface area contributed by atoms with Crippen molar-refractivity contribution in [3.05, 3.63) is 28.8 Å². The number of carboxylic acids is 1. The van der Waals surface area contributed by atoms with Crippen LogP contribution < -0.4 is 9.83 Å². The minimum Gasteiger partial charge on any atom is -0.550 e. The zero-order valence-corrected chi connectivity index (χ0v) is 12.1. The minimum atomic E-state index is -3.60. The third kappa shape index (κ3) is 4.33. The molecule has 0 aromatic heterocycles. The Bertz CT molecular complexity index is 555. The standard InChI is InChI=1S/C13H19NO4S/c1-9-7-10(2)13(11(3)8-9)19(17,18)14-6-4-5-12(15)16/h7-8,14H,4-6H2,1-3H3,(H,15,16)/p-1. The number of sulfonamides is 1. The molecule has 0 aliphatic heterocycles. The van der Waals surface area contributed by atoms with Crippen molar-refractivity contribution in [2.75, 3.05) is 6.54 Å². The Labute approximate surface area is 113 Å². The second kappa shape index (κ2) is 6.16. The van der Waals surface area contributed by atoms with Gasteiger partial charge in [-0.05, 0) is 44.7 Å². The van der Waals surface area contributed by atoms with Gasteiger partial charge in [-0.25, -0.2) is 13.1 Å². The van der Waals surface area contributed by atoms with Crippen LogP contribution in [0.25, 0.3) is 0 Å². The lowest BCUT2D eigenvalue weighted by Crippen LogP contribution is -2.28. The van der Waals surface area contributed by atoms with Crippen LogP contribution in [0.1, 0.15) is 29.5 Å². The van der Waals surface area contributed by atoms with Gasteiger partial charge in [-0.1, -0.05) is 17.7 Å². The first-order valence-electron chi connectivity index (χ1n) is 6.01. The van der Waals surface area contributed by atoms with Crippen molar-refractivity contribution in [2.45, 2.75) is 38.5 Å². The second-order valence-corrected chi connectivity index (χ2v) is 6.30. The Morgan fingerprint density at radius 2 is 1.74 bits per heavy atom. The van der Waals surface area contributed by atoms with Gasteiger partial charge in [-0.3, -0.25) is 0 Å². The molecule has 0 aliphatic rings. The van der Waals surface area contributed by atoms with E-state index in [0.29, 0.717) is 11.1 Å². The second-order valence-electron chi connectivity index (χ2n) is 4.60. The highest BCUT2D eigenvalue weighted by Crippen LogP contribution is 2.21. The van der Waals surface area contributed by atoms with Gasteiger partial charge in [-0.15, -0.1) is 0 Å². The van der Waals surface area contributed by atoms with Gasteiger partial charge >= 0.3 is 0 Å². The largest absolute Gasteiger partial charge is 0.550 e. The summed E-state index contributed by atoms with van der Waals surface area (Å²) in [5.41, 5.74) is 2.38. The average molecular weight is 284 g/mol. The number of aryl methyl sites for hydroxylation is 3. The molecule has 19 heavy (non-hydrogen) atoms. The quantitative estimate of drug-likeness (QED) is 0.767. The summed E-state index contributed by atoms with van der Waals surface area (Å²) in [6, 6.07) is 3.62. The van der Waals surface area contributed by atoms with Gasteiger partial charge in [0.2, 0.25) is 10.0 Å². The SMILES string of the molecule is Cc1cc(C)c(S(=O)(=O)NCCCC(=O)[O-])c(C)c1. The topological polar surface area (TPSA) is 86.3 Å². The lowest BCUT2D eigenvalue weighted by Gasteiger charge is -2.13. The van der Waals surface area contributed by atoms with E-state index in [1.54, 1.807) is 13.8 Å². The molecule has 1 aromatic rings. The zero-order chi connectivity index (χ0) is 14.6. The molecule has 0 aliphatic carbocycles. The van der Waals surface area contributed by atoms with Crippen molar-refractivity contribution in [3.8, 4) is 0 Å². The summed E-state index contributed by atoms with van der Waals surface area (Å²) in [4.78, 5) is 10.5. The molecule has 0 radical (unpaired) electrons. The van der Waals surface area contributed by atoms with Gasteiger partial charge in [-0.2, -0.15) is 0 Å². The molecular formula is C13H18NO4S-. The van der Waals surface area contributed by atoms with Crippen LogP contribution in [0.2, 0.25) is 0 Å². The minimum absolute atomic E-state index is 0.0864. The number of carbonyl (C=O) groups is 1. The van der Waals surface area contributed by atoms with E-state index in [4.69, 9.17) is 0 Å². The number of rotatable bonds is 6. The number of carboxylic acid groups (broad SMARTS) is 1. The molecule has 0 heterocycles. The molecule has 0 atom stereocenters. The molecular weight excluding hydrogens is 266 g/mol. The molecule has 0 unspecified atom stereocenters. The molecule has 0 amide bonds. The van der Waals surface area contributed by atoms with Crippen LogP contribution in [0.3, 0.4) is 0 Å². The fraction of sp³-hybridized carbons (Fsp3) is 0.462. The first-order valence-corrected chi connectivity index (χ1v) is 7.49. The van der Waals surface area contributed by atoms with Crippen LogP contribution >= 0.6 is 0 Å². The molecule has 1 rings (SSSR count). The molecule has 0 fully saturated rings. The lowest BCUT2D eigenvalue weighted by molar-refractivity contribution is -0.305. The highest BCUT2D eigenvalue weighted by atomic mass is 32.2. The third-order valence-electron chi connectivity index (χ3n) is 2.72. The third-order valence-corrected chi connectivity index (χ3v) is 4.49. The predicted molar refractivity (Wildman–Crippen MR) is 70.1 cm³/mol. The normalized spacial score (nSPS) is 11.5. The van der Waals surface area contributed by atoms with E-state index >= 15 is 0 Å². The first-order chi connectivity index (χ1) is 8.74.